The van der Waals surface area contributed by atoms with Gasteiger partial charge in [0.15, 0.2) is 0 Å². The van der Waals surface area contributed by atoms with Crippen LogP contribution in [0.3, 0.4) is 0 Å². The lowest BCUT2D eigenvalue weighted by Crippen LogP contribution is -2.55. The van der Waals surface area contributed by atoms with Crippen LogP contribution in [0.15, 0.2) is 97.2 Å². The molecule has 0 saturated carbocycles. The first kappa shape index (κ1) is 35.6. The second-order valence-electron chi connectivity index (χ2n) is 12.9. The van der Waals surface area contributed by atoms with Crippen molar-refractivity contribution >= 4 is 23.5 Å². The number of alkyl halides is 3. The minimum Gasteiger partial charge on any atom is -0.381 e. The molecule has 0 aliphatic carbocycles. The van der Waals surface area contributed by atoms with Crippen molar-refractivity contribution in [2.24, 2.45) is 5.92 Å². The molecule has 0 spiro atoms. The molecule has 2 atom stereocenters. The lowest BCUT2D eigenvalue weighted by molar-refractivity contribution is -0.137. The number of likely N-dealkylation sites (N-methyl/N-ethyl adjacent to an activating group) is 2. The Hall–Kier alpha value is -5.27. The zero-order chi connectivity index (χ0) is 36.3. The summed E-state index contributed by atoms with van der Waals surface area (Å²) in [6, 6.07) is 19.5. The van der Waals surface area contributed by atoms with Crippen LogP contribution in [0.4, 0.5) is 19.0 Å². The predicted molar refractivity (Wildman–Crippen MR) is 185 cm³/mol. The number of rotatable bonds is 12. The Labute approximate surface area is 293 Å². The van der Waals surface area contributed by atoms with Gasteiger partial charge in [0.2, 0.25) is 5.91 Å². The number of benzene rings is 3. The van der Waals surface area contributed by atoms with E-state index in [9.17, 15) is 27.6 Å². The van der Waals surface area contributed by atoms with Crippen molar-refractivity contribution in [3.8, 4) is 5.69 Å². The number of hydrogen-bond donors (Lipinski definition) is 2. The lowest BCUT2D eigenvalue weighted by atomic mass is 9.81. The highest BCUT2D eigenvalue weighted by molar-refractivity contribution is 6.05. The normalized spacial score (nSPS) is 17.5. The molecule has 2 aliphatic rings. The number of anilines is 1. The van der Waals surface area contributed by atoms with Crippen LogP contribution in [0.25, 0.3) is 5.69 Å². The van der Waals surface area contributed by atoms with Gasteiger partial charge in [-0.05, 0) is 55.4 Å². The fraction of sp³-hybridized carbons (Fsp3) is 0.316. The van der Waals surface area contributed by atoms with E-state index in [0.717, 1.165) is 36.0 Å². The predicted octanol–water partition coefficient (Wildman–Crippen LogP) is 4.94. The van der Waals surface area contributed by atoms with Gasteiger partial charge in [-0.1, -0.05) is 55.1 Å². The quantitative estimate of drug-likeness (QED) is 0.203. The first-order chi connectivity index (χ1) is 24.4. The van der Waals surface area contributed by atoms with Gasteiger partial charge >= 0.3 is 6.18 Å². The van der Waals surface area contributed by atoms with E-state index < -0.39 is 35.5 Å². The smallest absolute Gasteiger partial charge is 0.381 e. The Kier molecular flexibility index (Phi) is 10.4. The maximum absolute atomic E-state index is 14.3. The van der Waals surface area contributed by atoms with Crippen molar-refractivity contribution < 1.29 is 32.3 Å². The number of hydrogen-bond acceptors (Lipinski definition) is 6. The standard InChI is InChI=1S/C38H39F3N6O4/c1-4-46-36-31(19-43-47(36)30-14-6-5-7-15-30)32(33(37(46)50)44-35(49)28-12-9-13-29(17-28)38(39,40)41)27-11-8-10-25(16-27)18-42-34(48)24(2)20-45(3)21-26-22-51-23-26/h5-17,19,26,32-33H,2,4,18,20-23H2,1,3H3,(H,42,48)(H,44,49)/t32-,33+/m1/s1. The van der Waals surface area contributed by atoms with Crippen molar-refractivity contribution in [3.05, 3.63) is 125 Å². The molecule has 4 aromatic rings. The molecule has 10 nitrogen and oxygen atoms in total. The van der Waals surface area contributed by atoms with E-state index >= 15 is 0 Å². The molecule has 2 aliphatic heterocycles. The molecule has 2 N–H and O–H groups in total. The van der Waals surface area contributed by atoms with Gasteiger partial charge in [-0.25, -0.2) is 4.68 Å². The number of carbonyl (C=O) groups excluding carboxylic acids is 3. The third kappa shape index (κ3) is 7.74. The van der Waals surface area contributed by atoms with E-state index in [1.54, 1.807) is 23.9 Å². The van der Waals surface area contributed by atoms with Crippen molar-refractivity contribution in [3.63, 3.8) is 0 Å². The van der Waals surface area contributed by atoms with Gasteiger partial charge in [0.05, 0.1) is 30.7 Å². The van der Waals surface area contributed by atoms with Crippen LogP contribution >= 0.6 is 0 Å². The number of carbonyl (C=O) groups is 3. The van der Waals surface area contributed by atoms with Crippen LogP contribution < -0.4 is 15.5 Å². The number of nitrogens with one attached hydrogen (secondary N) is 2. The zero-order valence-electron chi connectivity index (χ0n) is 28.3. The lowest BCUT2D eigenvalue weighted by Gasteiger charge is -2.38. The summed E-state index contributed by atoms with van der Waals surface area (Å²) in [5.74, 6) is -1.35. The third-order valence-corrected chi connectivity index (χ3v) is 9.11. The van der Waals surface area contributed by atoms with E-state index in [-0.39, 0.29) is 24.6 Å². The summed E-state index contributed by atoms with van der Waals surface area (Å²) in [6.07, 6.45) is -3.00. The molecule has 3 amide bonds. The molecule has 3 heterocycles. The van der Waals surface area contributed by atoms with Crippen LogP contribution in [0.1, 0.15) is 45.5 Å². The molecule has 13 heteroatoms. The molecule has 1 saturated heterocycles. The highest BCUT2D eigenvalue weighted by Gasteiger charge is 2.44. The van der Waals surface area contributed by atoms with Crippen molar-refractivity contribution in [1.29, 1.82) is 0 Å². The minimum absolute atomic E-state index is 0.172. The molecule has 0 bridgehead atoms. The molecular weight excluding hydrogens is 661 g/mol. The molecule has 0 unspecified atom stereocenters. The number of aromatic nitrogens is 2. The van der Waals surface area contributed by atoms with Crippen molar-refractivity contribution in [2.45, 2.75) is 31.6 Å². The molecule has 1 aromatic heterocycles. The number of amides is 3. The summed E-state index contributed by atoms with van der Waals surface area (Å²) in [4.78, 5) is 44.5. The number of halogens is 3. The van der Waals surface area contributed by atoms with Crippen LogP contribution in [0.2, 0.25) is 0 Å². The summed E-state index contributed by atoms with van der Waals surface area (Å²) in [6.45, 7) is 8.82. The number of nitrogens with zero attached hydrogens (tertiary/aromatic N) is 4. The fourth-order valence-corrected chi connectivity index (χ4v) is 6.58. The first-order valence-corrected chi connectivity index (χ1v) is 16.7. The Morgan fingerprint density at radius 1 is 1.04 bits per heavy atom. The van der Waals surface area contributed by atoms with Crippen LogP contribution in [0.5, 0.6) is 0 Å². The van der Waals surface area contributed by atoms with E-state index in [2.05, 4.69) is 22.3 Å². The van der Waals surface area contributed by atoms with E-state index in [1.807, 2.05) is 60.5 Å². The van der Waals surface area contributed by atoms with E-state index in [1.165, 1.54) is 11.0 Å². The second-order valence-corrected chi connectivity index (χ2v) is 12.9. The minimum atomic E-state index is -4.65. The second kappa shape index (κ2) is 14.9. The summed E-state index contributed by atoms with van der Waals surface area (Å²) >= 11 is 0. The monoisotopic (exact) mass is 700 g/mol. The molecule has 51 heavy (non-hydrogen) atoms. The van der Waals surface area contributed by atoms with Gasteiger partial charge in [-0.15, -0.1) is 0 Å². The average Bonchev–Trinajstić information content (AvgIpc) is 3.53. The van der Waals surface area contributed by atoms with Crippen molar-refractivity contribution in [2.75, 3.05) is 44.8 Å². The Bertz CT molecular complexity index is 1920. The number of fused-ring (bicyclic) bond motifs is 1. The Morgan fingerprint density at radius 3 is 2.47 bits per heavy atom. The summed E-state index contributed by atoms with van der Waals surface area (Å²) in [5, 5.41) is 10.3. The average molecular weight is 701 g/mol. The Morgan fingerprint density at radius 2 is 1.78 bits per heavy atom. The Balaban J connectivity index is 1.31. The van der Waals surface area contributed by atoms with Gasteiger partial charge in [0.1, 0.15) is 11.9 Å². The zero-order valence-corrected chi connectivity index (χ0v) is 28.3. The van der Waals surface area contributed by atoms with Crippen LogP contribution in [-0.4, -0.2) is 78.3 Å². The molecule has 0 radical (unpaired) electrons. The highest BCUT2D eigenvalue weighted by atomic mass is 19.4. The van der Waals surface area contributed by atoms with E-state index in [4.69, 9.17) is 4.74 Å². The van der Waals surface area contributed by atoms with Gasteiger partial charge < -0.3 is 20.3 Å². The van der Waals surface area contributed by atoms with Gasteiger partial charge in [-0.2, -0.15) is 18.3 Å². The largest absolute Gasteiger partial charge is 0.416 e. The van der Waals surface area contributed by atoms with Crippen LogP contribution in [-0.2, 0) is 27.0 Å². The topological polar surface area (TPSA) is 109 Å². The summed E-state index contributed by atoms with van der Waals surface area (Å²) < 4.78 is 47.4. The first-order valence-electron chi connectivity index (χ1n) is 16.7. The molecule has 266 valence electrons. The summed E-state index contributed by atoms with van der Waals surface area (Å²) in [7, 11) is 1.93. The summed E-state index contributed by atoms with van der Waals surface area (Å²) in [5.41, 5.74) is 1.97. The molecular formula is C38H39F3N6O4. The van der Waals surface area contributed by atoms with Crippen molar-refractivity contribution in [1.82, 2.24) is 25.3 Å². The van der Waals surface area contributed by atoms with Gasteiger partial charge in [0.25, 0.3) is 11.8 Å². The maximum atomic E-state index is 14.3. The fourth-order valence-electron chi connectivity index (χ4n) is 6.58. The number of para-hydroxylation sites is 1. The number of ether oxygens (including phenoxy) is 1. The van der Waals surface area contributed by atoms with Gasteiger partial charge in [-0.3, -0.25) is 19.3 Å². The molecule has 1 fully saturated rings. The maximum Gasteiger partial charge on any atom is 0.416 e. The third-order valence-electron chi connectivity index (χ3n) is 9.11. The molecule has 6 rings (SSSR count). The SMILES string of the molecule is C=C(CN(C)CC1COC1)C(=O)NCc1cccc([C@@H]2c3cnn(-c4ccccc4)c3N(CC)C(=O)[C@H]2NC(=O)c2cccc(C(F)(F)F)c2)c1. The van der Waals surface area contributed by atoms with Crippen LogP contribution in [0, 0.1) is 5.92 Å². The van der Waals surface area contributed by atoms with Gasteiger partial charge in [0, 0.05) is 54.7 Å². The van der Waals surface area contributed by atoms with E-state index in [0.29, 0.717) is 48.2 Å². The highest BCUT2D eigenvalue weighted by Crippen LogP contribution is 2.42. The molecule has 3 aromatic carbocycles.